The van der Waals surface area contributed by atoms with Gasteiger partial charge < -0.3 is 0 Å². The van der Waals surface area contributed by atoms with Gasteiger partial charge in [-0.05, 0) is 22.0 Å². The lowest BCUT2D eigenvalue weighted by molar-refractivity contribution is 0.149. The van der Waals surface area contributed by atoms with Gasteiger partial charge in [-0.1, -0.05) is 0 Å². The first-order valence-electron chi connectivity index (χ1n) is 3.14. The zero-order valence-electron chi connectivity index (χ0n) is 5.90. The monoisotopic (exact) mass is 239 g/mol. The lowest BCUT2D eigenvalue weighted by Crippen LogP contribution is -1.95. The summed E-state index contributed by atoms with van der Waals surface area (Å²) >= 11 is 2.89. The number of alkyl halides is 3. The first kappa shape index (κ1) is 9.51. The van der Waals surface area contributed by atoms with Gasteiger partial charge in [-0.2, -0.15) is 0 Å². The van der Waals surface area contributed by atoms with Crippen LogP contribution in [0.3, 0.4) is 0 Å². The van der Waals surface area contributed by atoms with Gasteiger partial charge in [0.2, 0.25) is 0 Å². The van der Waals surface area contributed by atoms with Crippen LogP contribution >= 0.6 is 15.9 Å². The van der Waals surface area contributed by atoms with Gasteiger partial charge in [0.1, 0.15) is 11.3 Å². The van der Waals surface area contributed by atoms with Crippen molar-refractivity contribution in [2.45, 2.75) is 13.1 Å². The predicted molar refractivity (Wildman–Crippen MR) is 41.7 cm³/mol. The molecule has 0 aliphatic rings. The van der Waals surface area contributed by atoms with Crippen molar-refractivity contribution < 1.29 is 13.2 Å². The fourth-order valence-electron chi connectivity index (χ4n) is 0.817. The van der Waals surface area contributed by atoms with E-state index < -0.39 is 13.1 Å². The summed E-state index contributed by atoms with van der Waals surface area (Å²) in [6.45, 7) is -0.936. The average Bonchev–Trinajstić information content (AvgIpc) is 2.03. The molecule has 0 atom stereocenters. The SMILES string of the molecule is FCc1c(C(F)F)ccnc1Br. The van der Waals surface area contributed by atoms with Crippen molar-refractivity contribution in [1.29, 1.82) is 0 Å². The van der Waals surface area contributed by atoms with E-state index in [2.05, 4.69) is 20.9 Å². The van der Waals surface area contributed by atoms with Gasteiger partial charge in [-0.15, -0.1) is 0 Å². The van der Waals surface area contributed by atoms with Gasteiger partial charge in [0.05, 0.1) is 0 Å². The van der Waals surface area contributed by atoms with E-state index in [1.54, 1.807) is 0 Å². The number of halogens is 4. The van der Waals surface area contributed by atoms with Crippen LogP contribution in [0.15, 0.2) is 16.9 Å². The van der Waals surface area contributed by atoms with Gasteiger partial charge in [0.15, 0.2) is 0 Å². The van der Waals surface area contributed by atoms with Gasteiger partial charge in [0.25, 0.3) is 6.43 Å². The van der Waals surface area contributed by atoms with Crippen molar-refractivity contribution in [3.63, 3.8) is 0 Å². The molecule has 1 heterocycles. The minimum Gasteiger partial charge on any atom is -0.249 e. The number of rotatable bonds is 2. The molecule has 0 saturated heterocycles. The van der Waals surface area contributed by atoms with Crippen LogP contribution in [0.4, 0.5) is 13.2 Å². The first-order chi connectivity index (χ1) is 5.66. The second-order valence-electron chi connectivity index (χ2n) is 2.10. The Labute approximate surface area is 75.7 Å². The fourth-order valence-corrected chi connectivity index (χ4v) is 1.27. The van der Waals surface area contributed by atoms with E-state index in [0.29, 0.717) is 0 Å². The van der Waals surface area contributed by atoms with Gasteiger partial charge in [0, 0.05) is 17.3 Å². The molecule has 0 spiro atoms. The molecular formula is C7H5BrF3N. The highest BCUT2D eigenvalue weighted by Crippen LogP contribution is 2.27. The maximum absolute atomic E-state index is 12.2. The van der Waals surface area contributed by atoms with Crippen molar-refractivity contribution in [2.24, 2.45) is 0 Å². The number of hydrogen-bond acceptors (Lipinski definition) is 1. The molecule has 0 fully saturated rings. The number of nitrogens with zero attached hydrogens (tertiary/aromatic N) is 1. The topological polar surface area (TPSA) is 12.9 Å². The second-order valence-corrected chi connectivity index (χ2v) is 2.86. The molecule has 0 unspecified atom stereocenters. The summed E-state index contributed by atoms with van der Waals surface area (Å²) in [6, 6.07) is 1.12. The third kappa shape index (κ3) is 1.77. The molecule has 66 valence electrons. The Balaban J connectivity index is 3.18. The van der Waals surface area contributed by atoms with Crippen LogP contribution in [0.2, 0.25) is 0 Å². The molecule has 1 aromatic rings. The minimum atomic E-state index is -2.66. The minimum absolute atomic E-state index is 0.0764. The molecule has 1 nitrogen and oxygen atoms in total. The maximum Gasteiger partial charge on any atom is 0.264 e. The number of aromatic nitrogens is 1. The third-order valence-electron chi connectivity index (χ3n) is 1.41. The van der Waals surface area contributed by atoms with E-state index in [-0.39, 0.29) is 15.7 Å². The van der Waals surface area contributed by atoms with E-state index in [9.17, 15) is 13.2 Å². The Bertz CT molecular complexity index is 277. The molecule has 0 aliphatic carbocycles. The van der Waals surface area contributed by atoms with Crippen molar-refractivity contribution in [3.05, 3.63) is 28.0 Å². The fraction of sp³-hybridized carbons (Fsp3) is 0.286. The van der Waals surface area contributed by atoms with E-state index in [0.717, 1.165) is 6.07 Å². The molecule has 0 aromatic carbocycles. The third-order valence-corrected chi connectivity index (χ3v) is 2.09. The highest BCUT2D eigenvalue weighted by Gasteiger charge is 2.15. The summed E-state index contributed by atoms with van der Waals surface area (Å²) in [5.74, 6) is 0. The molecule has 1 rings (SSSR count). The molecule has 0 N–H and O–H groups in total. The second kappa shape index (κ2) is 3.89. The molecule has 0 saturated carbocycles. The van der Waals surface area contributed by atoms with Crippen molar-refractivity contribution in [1.82, 2.24) is 4.98 Å². The van der Waals surface area contributed by atoms with E-state index in [1.165, 1.54) is 6.20 Å². The number of hydrogen-bond donors (Lipinski definition) is 0. The van der Waals surface area contributed by atoms with Crippen LogP contribution in [-0.4, -0.2) is 4.98 Å². The number of pyridine rings is 1. The Morgan fingerprint density at radius 1 is 1.50 bits per heavy atom. The Morgan fingerprint density at radius 2 is 2.17 bits per heavy atom. The largest absolute Gasteiger partial charge is 0.264 e. The standard InChI is InChI=1S/C7H5BrF3N/c8-6-5(3-9)4(7(10)11)1-2-12-6/h1-2,7H,3H2. The maximum atomic E-state index is 12.2. The van der Waals surface area contributed by atoms with Crippen LogP contribution < -0.4 is 0 Å². The van der Waals surface area contributed by atoms with Crippen molar-refractivity contribution in [2.75, 3.05) is 0 Å². The Morgan fingerprint density at radius 3 is 2.58 bits per heavy atom. The molecule has 0 radical (unpaired) electrons. The molecule has 0 bridgehead atoms. The van der Waals surface area contributed by atoms with Crippen molar-refractivity contribution in [3.8, 4) is 0 Å². The van der Waals surface area contributed by atoms with Gasteiger partial charge in [-0.3, -0.25) is 0 Å². The van der Waals surface area contributed by atoms with Crippen LogP contribution in [0.25, 0.3) is 0 Å². The highest BCUT2D eigenvalue weighted by atomic mass is 79.9. The Kier molecular flexibility index (Phi) is 3.08. The lowest BCUT2D eigenvalue weighted by Gasteiger charge is -2.05. The smallest absolute Gasteiger partial charge is 0.249 e. The first-order valence-corrected chi connectivity index (χ1v) is 3.93. The van der Waals surface area contributed by atoms with Gasteiger partial charge in [-0.25, -0.2) is 18.2 Å². The average molecular weight is 240 g/mol. The summed E-state index contributed by atoms with van der Waals surface area (Å²) < 4.78 is 36.7. The molecule has 1 aromatic heterocycles. The highest BCUT2D eigenvalue weighted by molar-refractivity contribution is 9.10. The summed E-state index contributed by atoms with van der Waals surface area (Å²) in [5.41, 5.74) is -0.383. The van der Waals surface area contributed by atoms with Crippen LogP contribution in [0, 0.1) is 0 Å². The van der Waals surface area contributed by atoms with E-state index in [4.69, 9.17) is 0 Å². The van der Waals surface area contributed by atoms with E-state index >= 15 is 0 Å². The summed E-state index contributed by atoms with van der Waals surface area (Å²) in [4.78, 5) is 3.64. The molecule has 12 heavy (non-hydrogen) atoms. The van der Waals surface area contributed by atoms with Gasteiger partial charge >= 0.3 is 0 Å². The normalized spacial score (nSPS) is 10.8. The molecule has 5 heteroatoms. The zero-order valence-corrected chi connectivity index (χ0v) is 7.48. The molecule has 0 aliphatic heterocycles. The van der Waals surface area contributed by atoms with Crippen LogP contribution in [0.1, 0.15) is 17.6 Å². The Hall–Kier alpha value is -0.580. The molecular weight excluding hydrogens is 235 g/mol. The molecule has 0 amide bonds. The summed E-state index contributed by atoms with van der Waals surface area (Å²) in [5, 5.41) is 0. The predicted octanol–water partition coefficient (Wildman–Crippen LogP) is 3.25. The van der Waals surface area contributed by atoms with E-state index in [1.807, 2.05) is 0 Å². The lowest BCUT2D eigenvalue weighted by atomic mass is 10.2. The summed E-state index contributed by atoms with van der Waals surface area (Å²) in [7, 11) is 0. The summed E-state index contributed by atoms with van der Waals surface area (Å²) in [6.07, 6.45) is -1.44. The van der Waals surface area contributed by atoms with Crippen molar-refractivity contribution >= 4 is 15.9 Å². The van der Waals surface area contributed by atoms with Crippen LogP contribution in [0.5, 0.6) is 0 Å². The van der Waals surface area contributed by atoms with Crippen LogP contribution in [-0.2, 0) is 6.67 Å². The zero-order chi connectivity index (χ0) is 9.14. The quantitative estimate of drug-likeness (QED) is 0.723.